The maximum absolute atomic E-state index is 14.2. The van der Waals surface area contributed by atoms with Crippen molar-refractivity contribution < 1.29 is 23.2 Å². The lowest BCUT2D eigenvalue weighted by atomic mass is 10.2. The summed E-state index contributed by atoms with van der Waals surface area (Å²) in [7, 11) is 1.20. The average Bonchev–Trinajstić information content (AvgIpc) is 3.45. The van der Waals surface area contributed by atoms with Crippen LogP contribution in [0.1, 0.15) is 12.0 Å². The maximum Gasteiger partial charge on any atom is 0.315 e. The number of nitrogens with zero attached hydrogens (tertiary/aromatic N) is 5. The van der Waals surface area contributed by atoms with Crippen molar-refractivity contribution in [2.24, 2.45) is 0 Å². The van der Waals surface area contributed by atoms with Crippen LogP contribution in [0.2, 0.25) is 0 Å². The first-order valence-electron chi connectivity index (χ1n) is 9.45. The summed E-state index contributed by atoms with van der Waals surface area (Å²) < 4.78 is 25.2. The highest BCUT2D eigenvalue weighted by Crippen LogP contribution is 2.25. The summed E-state index contributed by atoms with van der Waals surface area (Å²) in [4.78, 5) is 31.7. The summed E-state index contributed by atoms with van der Waals surface area (Å²) >= 11 is 0. The Bertz CT molecular complexity index is 1250. The Hall–Kier alpha value is -4.41. The molecule has 1 amide bonds. The van der Waals surface area contributed by atoms with Crippen LogP contribution in [0, 0.1) is 5.82 Å². The van der Waals surface area contributed by atoms with E-state index in [-0.39, 0.29) is 24.0 Å². The van der Waals surface area contributed by atoms with E-state index in [2.05, 4.69) is 30.3 Å². The third kappa shape index (κ3) is 4.67. The number of hydrogen-bond donors (Lipinski definition) is 1. The molecule has 4 aromatic rings. The van der Waals surface area contributed by atoms with Gasteiger partial charge in [0.05, 0.1) is 19.3 Å². The number of aromatic nitrogens is 5. The van der Waals surface area contributed by atoms with Gasteiger partial charge in [0.25, 0.3) is 0 Å². The van der Waals surface area contributed by atoms with Crippen molar-refractivity contribution in [2.75, 3.05) is 12.4 Å². The van der Waals surface area contributed by atoms with Crippen molar-refractivity contribution >= 4 is 17.7 Å². The molecule has 0 radical (unpaired) electrons. The van der Waals surface area contributed by atoms with Gasteiger partial charge in [-0.3, -0.25) is 14.3 Å². The lowest BCUT2D eigenvalue weighted by molar-refractivity contribution is -0.142. The number of amides is 1. The third-order valence-electron chi connectivity index (χ3n) is 4.44. The van der Waals surface area contributed by atoms with E-state index in [9.17, 15) is 14.0 Å². The van der Waals surface area contributed by atoms with E-state index in [1.807, 2.05) is 0 Å². The number of carbonyl (C=O) groups is 2. The molecule has 32 heavy (non-hydrogen) atoms. The Labute approximate surface area is 181 Å². The van der Waals surface area contributed by atoms with E-state index >= 15 is 0 Å². The van der Waals surface area contributed by atoms with Gasteiger partial charge in [-0.1, -0.05) is 23.4 Å². The molecule has 3 heterocycles. The molecule has 4 rings (SSSR count). The summed E-state index contributed by atoms with van der Waals surface area (Å²) in [5, 5.41) is 11.0. The van der Waals surface area contributed by atoms with E-state index in [0.717, 1.165) is 0 Å². The van der Waals surface area contributed by atoms with Crippen molar-refractivity contribution in [3.8, 4) is 22.9 Å². The van der Waals surface area contributed by atoms with Crippen LogP contribution in [0.15, 0.2) is 59.4 Å². The Morgan fingerprint density at radius 2 is 2.03 bits per heavy atom. The Morgan fingerprint density at radius 1 is 1.19 bits per heavy atom. The summed E-state index contributed by atoms with van der Waals surface area (Å²) in [5.41, 5.74) is 1.89. The SMILES string of the molecule is COC(=O)CC(=O)Nc1ccnc(-c2cc(-c3ccon3)n(Cc3ccccc3F)n2)n1. The first-order chi connectivity index (χ1) is 15.5. The third-order valence-corrected chi connectivity index (χ3v) is 4.44. The summed E-state index contributed by atoms with van der Waals surface area (Å²) in [6.07, 6.45) is 2.43. The van der Waals surface area contributed by atoms with E-state index < -0.39 is 18.3 Å². The van der Waals surface area contributed by atoms with Crippen LogP contribution in [-0.2, 0) is 20.9 Å². The molecule has 1 aromatic carbocycles. The molecule has 0 saturated heterocycles. The minimum Gasteiger partial charge on any atom is -0.469 e. The molecule has 11 heteroatoms. The number of ether oxygens (including phenoxy) is 1. The number of nitrogens with one attached hydrogen (secondary N) is 1. The Balaban J connectivity index is 1.65. The van der Waals surface area contributed by atoms with Crippen molar-refractivity contribution in [2.45, 2.75) is 13.0 Å². The fraction of sp³-hybridized carbons (Fsp3) is 0.143. The molecule has 162 valence electrons. The highest BCUT2D eigenvalue weighted by molar-refractivity contribution is 6.01. The maximum atomic E-state index is 14.2. The minimum atomic E-state index is -0.666. The van der Waals surface area contributed by atoms with Crippen molar-refractivity contribution in [1.29, 1.82) is 0 Å². The molecule has 0 aliphatic heterocycles. The van der Waals surface area contributed by atoms with Gasteiger partial charge in [-0.15, -0.1) is 0 Å². The second kappa shape index (κ2) is 9.16. The van der Waals surface area contributed by atoms with Gasteiger partial charge in [0.1, 0.15) is 35.7 Å². The highest BCUT2D eigenvalue weighted by Gasteiger charge is 2.18. The second-order valence-corrected chi connectivity index (χ2v) is 6.62. The molecule has 3 aromatic heterocycles. The van der Waals surface area contributed by atoms with Gasteiger partial charge in [-0.2, -0.15) is 5.10 Å². The Kier molecular flexibility index (Phi) is 5.97. The average molecular weight is 436 g/mol. The van der Waals surface area contributed by atoms with E-state index in [1.54, 1.807) is 35.0 Å². The first-order valence-corrected chi connectivity index (χ1v) is 9.45. The van der Waals surface area contributed by atoms with Crippen LogP contribution in [0.5, 0.6) is 0 Å². The molecule has 0 atom stereocenters. The van der Waals surface area contributed by atoms with Gasteiger partial charge in [0.15, 0.2) is 5.82 Å². The number of methoxy groups -OCH3 is 1. The monoisotopic (exact) mass is 436 g/mol. The first kappa shape index (κ1) is 20.8. The number of carbonyl (C=O) groups excluding carboxylic acids is 2. The molecule has 0 unspecified atom stereocenters. The number of halogens is 1. The van der Waals surface area contributed by atoms with E-state index in [0.29, 0.717) is 22.6 Å². The zero-order valence-electron chi connectivity index (χ0n) is 16.9. The van der Waals surface area contributed by atoms with Crippen LogP contribution >= 0.6 is 0 Å². The zero-order valence-corrected chi connectivity index (χ0v) is 16.9. The number of rotatable bonds is 7. The lowest BCUT2D eigenvalue weighted by Crippen LogP contribution is -2.18. The van der Waals surface area contributed by atoms with Crippen LogP contribution in [0.4, 0.5) is 10.2 Å². The van der Waals surface area contributed by atoms with Gasteiger partial charge in [0.2, 0.25) is 5.91 Å². The number of benzene rings is 1. The van der Waals surface area contributed by atoms with Crippen molar-refractivity contribution in [3.63, 3.8) is 0 Å². The largest absolute Gasteiger partial charge is 0.469 e. The Morgan fingerprint density at radius 3 is 2.78 bits per heavy atom. The molecular formula is C21H17FN6O4. The predicted molar refractivity (Wildman–Crippen MR) is 110 cm³/mol. The quantitative estimate of drug-likeness (QED) is 0.346. The molecule has 1 N–H and O–H groups in total. The normalized spacial score (nSPS) is 10.7. The molecule has 10 nitrogen and oxygen atoms in total. The molecule has 0 saturated carbocycles. The molecule has 0 spiro atoms. The smallest absolute Gasteiger partial charge is 0.315 e. The second-order valence-electron chi connectivity index (χ2n) is 6.62. The fourth-order valence-electron chi connectivity index (χ4n) is 2.93. The number of esters is 1. The molecule has 0 fully saturated rings. The topological polar surface area (TPSA) is 125 Å². The van der Waals surface area contributed by atoms with Gasteiger partial charge in [-0.05, 0) is 18.2 Å². The van der Waals surface area contributed by atoms with Gasteiger partial charge in [0, 0.05) is 17.8 Å². The molecule has 0 aliphatic carbocycles. The highest BCUT2D eigenvalue weighted by atomic mass is 19.1. The van der Waals surface area contributed by atoms with E-state index in [1.165, 1.54) is 31.7 Å². The number of anilines is 1. The predicted octanol–water partition coefficient (Wildman–Crippen LogP) is 2.68. The van der Waals surface area contributed by atoms with Crippen LogP contribution in [0.3, 0.4) is 0 Å². The lowest BCUT2D eigenvalue weighted by Gasteiger charge is -2.06. The van der Waals surface area contributed by atoms with Crippen molar-refractivity contribution in [3.05, 3.63) is 66.3 Å². The standard InChI is InChI=1S/C21H17FN6O4/c1-31-20(30)11-19(29)24-18-6-8-23-21(25-18)16-10-17(15-7-9-32-27-15)28(26-16)12-13-4-2-3-5-14(13)22/h2-10H,11-12H2,1H3,(H,23,24,25,29). The van der Waals surface area contributed by atoms with Gasteiger partial charge < -0.3 is 14.6 Å². The van der Waals surface area contributed by atoms with Gasteiger partial charge in [-0.25, -0.2) is 14.4 Å². The van der Waals surface area contributed by atoms with Crippen LogP contribution < -0.4 is 5.32 Å². The zero-order chi connectivity index (χ0) is 22.5. The summed E-state index contributed by atoms with van der Waals surface area (Å²) in [5.74, 6) is -1.19. The molecule has 0 aliphatic rings. The van der Waals surface area contributed by atoms with Gasteiger partial charge >= 0.3 is 5.97 Å². The van der Waals surface area contributed by atoms with Crippen LogP contribution in [0.25, 0.3) is 22.9 Å². The molecule has 0 bridgehead atoms. The van der Waals surface area contributed by atoms with Crippen LogP contribution in [-0.4, -0.2) is 43.9 Å². The van der Waals surface area contributed by atoms with Crippen molar-refractivity contribution in [1.82, 2.24) is 24.9 Å². The molecular weight excluding hydrogens is 419 g/mol. The fourth-order valence-corrected chi connectivity index (χ4v) is 2.93. The number of hydrogen-bond acceptors (Lipinski definition) is 8. The minimum absolute atomic E-state index is 0.143. The van der Waals surface area contributed by atoms with E-state index in [4.69, 9.17) is 4.52 Å². The summed E-state index contributed by atoms with van der Waals surface area (Å²) in [6, 6.07) is 11.2. The summed E-state index contributed by atoms with van der Waals surface area (Å²) in [6.45, 7) is 0.143.